The number of methoxy groups -OCH3 is 1. The van der Waals surface area contributed by atoms with Gasteiger partial charge < -0.3 is 15.8 Å². The Morgan fingerprint density at radius 2 is 2.25 bits per heavy atom. The predicted octanol–water partition coefficient (Wildman–Crippen LogP) is 2.37. The van der Waals surface area contributed by atoms with Gasteiger partial charge in [-0.15, -0.1) is 0 Å². The average molecular weight is 296 g/mol. The highest BCUT2D eigenvalue weighted by atomic mass is 35.5. The molecule has 0 saturated carbocycles. The monoisotopic (exact) mass is 295 g/mol. The molecule has 1 heterocycles. The van der Waals surface area contributed by atoms with Crippen molar-refractivity contribution in [3.63, 3.8) is 0 Å². The van der Waals surface area contributed by atoms with Gasteiger partial charge >= 0.3 is 5.69 Å². The van der Waals surface area contributed by atoms with Crippen LogP contribution in [0.25, 0.3) is 0 Å². The van der Waals surface area contributed by atoms with Gasteiger partial charge in [0.2, 0.25) is 11.8 Å². The summed E-state index contributed by atoms with van der Waals surface area (Å²) in [5.41, 5.74) is 5.65. The number of nitrogens with zero attached hydrogens (tertiary/aromatic N) is 3. The number of nitro groups is 1. The Balaban J connectivity index is 2.36. The molecule has 0 fully saturated rings. The molecule has 2 aromatic rings. The highest BCUT2D eigenvalue weighted by Crippen LogP contribution is 2.30. The van der Waals surface area contributed by atoms with Gasteiger partial charge in [-0.2, -0.15) is 4.98 Å². The van der Waals surface area contributed by atoms with Crippen molar-refractivity contribution in [2.75, 3.05) is 18.2 Å². The maximum absolute atomic E-state index is 10.9. The Morgan fingerprint density at radius 1 is 1.50 bits per heavy atom. The van der Waals surface area contributed by atoms with Crippen LogP contribution in [0.15, 0.2) is 24.4 Å². The third-order valence-electron chi connectivity index (χ3n) is 2.40. The summed E-state index contributed by atoms with van der Waals surface area (Å²) in [7, 11) is 1.49. The van der Waals surface area contributed by atoms with Crippen LogP contribution in [-0.2, 0) is 0 Å². The molecule has 20 heavy (non-hydrogen) atoms. The number of benzene rings is 1. The number of anilines is 3. The second kappa shape index (κ2) is 5.57. The molecule has 2 rings (SSSR count). The van der Waals surface area contributed by atoms with Crippen LogP contribution < -0.4 is 15.8 Å². The van der Waals surface area contributed by atoms with Crippen molar-refractivity contribution in [2.45, 2.75) is 0 Å². The molecule has 0 spiro atoms. The van der Waals surface area contributed by atoms with Crippen LogP contribution in [-0.4, -0.2) is 22.0 Å². The van der Waals surface area contributed by atoms with Crippen molar-refractivity contribution in [3.8, 4) is 5.75 Å². The zero-order chi connectivity index (χ0) is 14.7. The van der Waals surface area contributed by atoms with Gasteiger partial charge in [0.15, 0.2) is 0 Å². The van der Waals surface area contributed by atoms with Gasteiger partial charge in [0.1, 0.15) is 11.9 Å². The van der Waals surface area contributed by atoms with Gasteiger partial charge in [0, 0.05) is 5.69 Å². The van der Waals surface area contributed by atoms with E-state index in [2.05, 4.69) is 15.3 Å². The molecule has 0 saturated heterocycles. The summed E-state index contributed by atoms with van der Waals surface area (Å²) < 4.78 is 5.02. The van der Waals surface area contributed by atoms with Gasteiger partial charge in [0.25, 0.3) is 0 Å². The number of nitrogen functional groups attached to an aromatic ring is 1. The van der Waals surface area contributed by atoms with Crippen LogP contribution in [0.3, 0.4) is 0 Å². The van der Waals surface area contributed by atoms with Gasteiger partial charge in [-0.25, -0.2) is 4.98 Å². The predicted molar refractivity (Wildman–Crippen MR) is 74.4 cm³/mol. The Morgan fingerprint density at radius 3 is 2.85 bits per heavy atom. The number of rotatable bonds is 4. The SMILES string of the molecule is COc1ccc(Nc2nc(N)ncc2[N+](=O)[O-])cc1Cl. The van der Waals surface area contributed by atoms with Crippen molar-refractivity contribution in [1.29, 1.82) is 0 Å². The van der Waals surface area contributed by atoms with E-state index in [1.165, 1.54) is 7.11 Å². The lowest BCUT2D eigenvalue weighted by Crippen LogP contribution is -2.04. The van der Waals surface area contributed by atoms with Crippen molar-refractivity contribution in [1.82, 2.24) is 9.97 Å². The number of halogens is 1. The van der Waals surface area contributed by atoms with Gasteiger partial charge in [-0.3, -0.25) is 10.1 Å². The summed E-state index contributed by atoms with van der Waals surface area (Å²) in [6.45, 7) is 0. The Kier molecular flexibility index (Phi) is 3.85. The van der Waals surface area contributed by atoms with Gasteiger partial charge in [-0.1, -0.05) is 11.6 Å². The molecule has 1 aromatic heterocycles. The average Bonchev–Trinajstić information content (AvgIpc) is 2.38. The summed E-state index contributed by atoms with van der Waals surface area (Å²) in [6, 6.07) is 4.83. The standard InChI is InChI=1S/C11H10ClN5O3/c1-20-9-3-2-6(4-7(9)12)15-10-8(17(18)19)5-14-11(13)16-10/h2-5H,1H3,(H3,13,14,15,16). The summed E-state index contributed by atoms with van der Waals surface area (Å²) >= 11 is 5.97. The maximum atomic E-state index is 10.9. The van der Waals surface area contributed by atoms with Crippen LogP contribution in [0.2, 0.25) is 5.02 Å². The maximum Gasteiger partial charge on any atom is 0.329 e. The van der Waals surface area contributed by atoms with E-state index < -0.39 is 4.92 Å². The molecule has 9 heteroatoms. The molecule has 0 amide bonds. The summed E-state index contributed by atoms with van der Waals surface area (Å²) in [4.78, 5) is 17.7. The minimum atomic E-state index is -0.604. The highest BCUT2D eigenvalue weighted by Gasteiger charge is 2.17. The van der Waals surface area contributed by atoms with Gasteiger partial charge in [-0.05, 0) is 18.2 Å². The molecule has 0 bridgehead atoms. The molecule has 0 unspecified atom stereocenters. The van der Waals surface area contributed by atoms with E-state index >= 15 is 0 Å². The van der Waals surface area contributed by atoms with Crippen LogP contribution in [0.1, 0.15) is 0 Å². The molecule has 0 aliphatic rings. The van der Waals surface area contributed by atoms with Crippen LogP contribution in [0.4, 0.5) is 23.1 Å². The third kappa shape index (κ3) is 2.86. The molecule has 1 aromatic carbocycles. The second-order valence-electron chi connectivity index (χ2n) is 3.69. The molecule has 0 aliphatic carbocycles. The first-order valence-corrected chi connectivity index (χ1v) is 5.76. The molecule has 0 aliphatic heterocycles. The highest BCUT2D eigenvalue weighted by molar-refractivity contribution is 6.32. The van der Waals surface area contributed by atoms with Crippen LogP contribution in [0, 0.1) is 10.1 Å². The molecule has 104 valence electrons. The van der Waals surface area contributed by atoms with E-state index in [9.17, 15) is 10.1 Å². The van der Waals surface area contributed by atoms with E-state index in [-0.39, 0.29) is 17.5 Å². The molecule has 3 N–H and O–H groups in total. The third-order valence-corrected chi connectivity index (χ3v) is 2.69. The number of hydrogen-bond acceptors (Lipinski definition) is 7. The number of nitrogens with one attached hydrogen (secondary N) is 1. The fraction of sp³-hybridized carbons (Fsp3) is 0.0909. The van der Waals surface area contributed by atoms with E-state index in [0.717, 1.165) is 6.20 Å². The van der Waals surface area contributed by atoms with Crippen molar-refractivity contribution in [3.05, 3.63) is 39.5 Å². The second-order valence-corrected chi connectivity index (χ2v) is 4.10. The van der Waals surface area contributed by atoms with E-state index in [1.54, 1.807) is 18.2 Å². The first kappa shape index (κ1) is 13.8. The van der Waals surface area contributed by atoms with E-state index in [4.69, 9.17) is 22.1 Å². The minimum Gasteiger partial charge on any atom is -0.495 e. The van der Waals surface area contributed by atoms with Crippen molar-refractivity contribution >= 4 is 34.7 Å². The smallest absolute Gasteiger partial charge is 0.329 e. The molecule has 0 atom stereocenters. The fourth-order valence-electron chi connectivity index (χ4n) is 1.50. The van der Waals surface area contributed by atoms with Crippen molar-refractivity contribution in [2.24, 2.45) is 0 Å². The fourth-order valence-corrected chi connectivity index (χ4v) is 1.75. The van der Waals surface area contributed by atoms with Gasteiger partial charge in [0.05, 0.1) is 17.1 Å². The Bertz CT molecular complexity index is 665. The molecule has 8 nitrogen and oxygen atoms in total. The number of hydrogen-bond donors (Lipinski definition) is 2. The Labute approximate surface area is 118 Å². The zero-order valence-corrected chi connectivity index (χ0v) is 11.1. The van der Waals surface area contributed by atoms with Crippen LogP contribution >= 0.6 is 11.6 Å². The quantitative estimate of drug-likeness (QED) is 0.657. The largest absolute Gasteiger partial charge is 0.495 e. The number of ether oxygens (including phenoxy) is 1. The zero-order valence-electron chi connectivity index (χ0n) is 10.3. The summed E-state index contributed by atoms with van der Waals surface area (Å²) in [5, 5.41) is 14.0. The van der Waals surface area contributed by atoms with Crippen molar-refractivity contribution < 1.29 is 9.66 Å². The lowest BCUT2D eigenvalue weighted by atomic mass is 10.3. The first-order chi connectivity index (χ1) is 9.51. The number of aromatic nitrogens is 2. The summed E-state index contributed by atoms with van der Waals surface area (Å²) in [6.07, 6.45) is 1.04. The topological polar surface area (TPSA) is 116 Å². The van der Waals surface area contributed by atoms with Crippen LogP contribution in [0.5, 0.6) is 5.75 Å². The summed E-state index contributed by atoms with van der Waals surface area (Å²) in [5.74, 6) is 0.412. The molecular formula is C11H10ClN5O3. The minimum absolute atomic E-state index is 0.0104. The lowest BCUT2D eigenvalue weighted by molar-refractivity contribution is -0.384. The molecule has 0 radical (unpaired) electrons. The van der Waals surface area contributed by atoms with E-state index in [1.807, 2.05) is 0 Å². The Hall–Kier alpha value is -2.61. The van der Waals surface area contributed by atoms with E-state index in [0.29, 0.717) is 16.5 Å². The molecular weight excluding hydrogens is 286 g/mol. The first-order valence-electron chi connectivity index (χ1n) is 5.38. The number of nitrogens with two attached hydrogens (primary N) is 1. The lowest BCUT2D eigenvalue weighted by Gasteiger charge is -2.08. The normalized spacial score (nSPS) is 10.1.